The third-order valence-corrected chi connectivity index (χ3v) is 5.98. The zero-order chi connectivity index (χ0) is 25.2. The van der Waals surface area contributed by atoms with Crippen molar-refractivity contribution >= 4 is 0 Å². The van der Waals surface area contributed by atoms with E-state index in [0.29, 0.717) is 37.5 Å². The lowest BCUT2D eigenvalue weighted by molar-refractivity contribution is -0.143. The third kappa shape index (κ3) is 5.99. The van der Waals surface area contributed by atoms with Crippen molar-refractivity contribution in [3.8, 4) is 0 Å². The van der Waals surface area contributed by atoms with Gasteiger partial charge in [-0.05, 0) is 59.1 Å². The van der Waals surface area contributed by atoms with Crippen LogP contribution in [0.25, 0.3) is 0 Å². The van der Waals surface area contributed by atoms with Crippen molar-refractivity contribution < 1.29 is 31.1 Å². The minimum absolute atomic E-state index is 0.119. The average molecular weight is 499 g/mol. The Morgan fingerprint density at radius 2 is 1.63 bits per heavy atom. The first kappa shape index (κ1) is 25.1. The van der Waals surface area contributed by atoms with Gasteiger partial charge >= 0.3 is 12.4 Å². The molecule has 1 saturated heterocycles. The Morgan fingerprint density at radius 1 is 0.971 bits per heavy atom. The Hall–Kier alpha value is -2.99. The van der Waals surface area contributed by atoms with Crippen LogP contribution in [-0.4, -0.2) is 37.8 Å². The number of aryl methyl sites for hydroxylation is 1. The van der Waals surface area contributed by atoms with Gasteiger partial charge in [0.1, 0.15) is 0 Å². The number of nitrogens with zero attached hydrogens (tertiary/aromatic N) is 5. The van der Waals surface area contributed by atoms with Crippen LogP contribution in [0, 0.1) is 0 Å². The number of benzene rings is 2. The smallest absolute Gasteiger partial charge is 0.372 e. The van der Waals surface area contributed by atoms with Crippen molar-refractivity contribution in [1.29, 1.82) is 0 Å². The van der Waals surface area contributed by atoms with Gasteiger partial charge in [0.15, 0.2) is 5.82 Å². The van der Waals surface area contributed by atoms with Crippen LogP contribution in [0.15, 0.2) is 48.5 Å². The molecule has 1 aliphatic rings. The van der Waals surface area contributed by atoms with Crippen LogP contribution in [-0.2, 0) is 37.3 Å². The Bertz CT molecular complexity index is 1100. The summed E-state index contributed by atoms with van der Waals surface area (Å²) in [6.07, 6.45) is -8.95. The van der Waals surface area contributed by atoms with Gasteiger partial charge in [-0.1, -0.05) is 30.3 Å². The summed E-state index contributed by atoms with van der Waals surface area (Å²) in [7, 11) is 1.72. The van der Waals surface area contributed by atoms with Crippen molar-refractivity contribution in [3.05, 3.63) is 76.6 Å². The highest BCUT2D eigenvalue weighted by Crippen LogP contribution is 2.38. The molecular weight excluding hydrogens is 476 g/mol. The minimum Gasteiger partial charge on any atom is -0.372 e. The fraction of sp³-hybridized carbons (Fsp3) is 0.435. The van der Waals surface area contributed by atoms with E-state index in [-0.39, 0.29) is 24.3 Å². The second-order valence-corrected chi connectivity index (χ2v) is 8.45. The highest BCUT2D eigenvalue weighted by atomic mass is 19.4. The van der Waals surface area contributed by atoms with Crippen molar-refractivity contribution in [1.82, 2.24) is 25.1 Å². The van der Waals surface area contributed by atoms with Crippen LogP contribution in [0.1, 0.15) is 47.0 Å². The van der Waals surface area contributed by atoms with Crippen LogP contribution >= 0.6 is 0 Å². The molecule has 0 amide bonds. The molecule has 188 valence electrons. The highest BCUT2D eigenvalue weighted by molar-refractivity contribution is 5.33. The van der Waals surface area contributed by atoms with Crippen molar-refractivity contribution in [2.24, 2.45) is 7.05 Å². The van der Waals surface area contributed by atoms with E-state index in [4.69, 9.17) is 4.74 Å². The molecule has 0 bridgehead atoms. The fourth-order valence-corrected chi connectivity index (χ4v) is 4.32. The van der Waals surface area contributed by atoms with Gasteiger partial charge in [-0.25, -0.2) is 4.68 Å². The monoisotopic (exact) mass is 499 g/mol. The van der Waals surface area contributed by atoms with Gasteiger partial charge in [0.25, 0.3) is 0 Å². The second kappa shape index (κ2) is 9.94. The predicted molar refractivity (Wildman–Crippen MR) is 113 cm³/mol. The van der Waals surface area contributed by atoms with Crippen LogP contribution in [0.2, 0.25) is 0 Å². The summed E-state index contributed by atoms with van der Waals surface area (Å²) < 4.78 is 87.0. The number of alkyl halides is 6. The lowest BCUT2D eigenvalue weighted by Gasteiger charge is -2.41. The summed E-state index contributed by atoms with van der Waals surface area (Å²) in [6.45, 7) is 0.721. The van der Waals surface area contributed by atoms with E-state index in [1.807, 2.05) is 30.3 Å². The van der Waals surface area contributed by atoms with Crippen LogP contribution in [0.4, 0.5) is 26.3 Å². The number of rotatable bonds is 6. The third-order valence-electron chi connectivity index (χ3n) is 5.98. The molecule has 6 nitrogen and oxygen atoms in total. The molecule has 2 heterocycles. The molecule has 12 heteroatoms. The molecule has 0 N–H and O–H groups in total. The van der Waals surface area contributed by atoms with Gasteiger partial charge in [0.2, 0.25) is 0 Å². The number of piperidine rings is 1. The molecule has 2 aromatic carbocycles. The number of hydrogen-bond donors (Lipinski definition) is 0. The van der Waals surface area contributed by atoms with Gasteiger partial charge in [-0.2, -0.15) is 26.3 Å². The van der Waals surface area contributed by atoms with E-state index in [0.717, 1.165) is 12.0 Å². The molecule has 0 radical (unpaired) electrons. The molecular formula is C23H23F6N5O. The van der Waals surface area contributed by atoms with E-state index in [1.165, 1.54) is 0 Å². The van der Waals surface area contributed by atoms with Gasteiger partial charge in [0, 0.05) is 7.05 Å². The number of halogens is 6. The van der Waals surface area contributed by atoms with Crippen LogP contribution < -0.4 is 0 Å². The normalized spacial score (nSPS) is 19.7. The van der Waals surface area contributed by atoms with E-state index in [2.05, 4.69) is 20.4 Å². The summed E-state index contributed by atoms with van der Waals surface area (Å²) in [5.41, 5.74) is -1.97. The molecule has 2 unspecified atom stereocenters. The Kier molecular flexibility index (Phi) is 7.13. The summed E-state index contributed by atoms with van der Waals surface area (Å²) in [6, 6.07) is 10.7. The zero-order valence-electron chi connectivity index (χ0n) is 18.7. The first-order chi connectivity index (χ1) is 16.5. The summed E-state index contributed by atoms with van der Waals surface area (Å²) >= 11 is 0. The highest BCUT2D eigenvalue weighted by Gasteiger charge is 2.38. The zero-order valence-corrected chi connectivity index (χ0v) is 18.7. The van der Waals surface area contributed by atoms with E-state index >= 15 is 0 Å². The van der Waals surface area contributed by atoms with Gasteiger partial charge in [-0.3, -0.25) is 4.90 Å². The maximum absolute atomic E-state index is 13.2. The molecule has 0 saturated carbocycles. The van der Waals surface area contributed by atoms with Gasteiger partial charge < -0.3 is 4.74 Å². The van der Waals surface area contributed by atoms with Crippen LogP contribution in [0.3, 0.4) is 0 Å². The van der Waals surface area contributed by atoms with Crippen molar-refractivity contribution in [2.45, 2.75) is 50.5 Å². The molecule has 3 aromatic rings. The number of hydrogen-bond acceptors (Lipinski definition) is 5. The molecule has 35 heavy (non-hydrogen) atoms. The minimum atomic E-state index is -4.91. The van der Waals surface area contributed by atoms with Crippen molar-refractivity contribution in [3.63, 3.8) is 0 Å². The lowest BCUT2D eigenvalue weighted by atomic mass is 9.92. The molecule has 1 fully saturated rings. The maximum atomic E-state index is 13.2. The first-order valence-electron chi connectivity index (χ1n) is 10.9. The largest absolute Gasteiger partial charge is 0.416 e. The molecule has 0 spiro atoms. The summed E-state index contributed by atoms with van der Waals surface area (Å²) in [5.74, 6) is 0.624. The first-order valence-corrected chi connectivity index (χ1v) is 10.9. The van der Waals surface area contributed by atoms with Gasteiger partial charge in [0.05, 0.1) is 36.4 Å². The Morgan fingerprint density at radius 3 is 2.20 bits per heavy atom. The van der Waals surface area contributed by atoms with Crippen molar-refractivity contribution in [2.75, 3.05) is 6.54 Å². The predicted octanol–water partition coefficient (Wildman–Crippen LogP) is 5.17. The Labute approximate surface area is 197 Å². The standard InChI is InChI=1S/C23H23F6N5O/c1-33-20(30-31-32-33)13-34-9-5-8-19(21(34)16-6-3-2-4-7-16)35-14-15-10-17(22(24,25)26)12-18(11-15)23(27,28)29/h2-4,6-7,10-12,19,21H,5,8-9,13-14H2,1H3. The second-order valence-electron chi connectivity index (χ2n) is 8.45. The number of tetrazole rings is 1. The summed E-state index contributed by atoms with van der Waals surface area (Å²) in [4.78, 5) is 2.11. The molecule has 2 atom stereocenters. The SMILES string of the molecule is Cn1nnnc1CN1CCCC(OCc2cc(C(F)(F)F)cc(C(F)(F)F)c2)C1c1ccccc1. The van der Waals surface area contributed by atoms with E-state index in [1.54, 1.807) is 11.7 Å². The molecule has 4 rings (SSSR count). The molecule has 0 aliphatic carbocycles. The van der Waals surface area contributed by atoms with Crippen LogP contribution in [0.5, 0.6) is 0 Å². The molecule has 1 aliphatic heterocycles. The number of aromatic nitrogens is 4. The van der Waals surface area contributed by atoms with Gasteiger partial charge in [-0.15, -0.1) is 5.10 Å². The number of likely N-dealkylation sites (tertiary alicyclic amines) is 1. The summed E-state index contributed by atoms with van der Waals surface area (Å²) in [5, 5.41) is 11.5. The quantitative estimate of drug-likeness (QED) is 0.438. The Balaban J connectivity index is 1.60. The van der Waals surface area contributed by atoms with E-state index in [9.17, 15) is 26.3 Å². The fourth-order valence-electron chi connectivity index (χ4n) is 4.32. The lowest BCUT2D eigenvalue weighted by Crippen LogP contribution is -2.43. The van der Waals surface area contributed by atoms with E-state index < -0.39 is 29.6 Å². The average Bonchev–Trinajstić information content (AvgIpc) is 3.21. The maximum Gasteiger partial charge on any atom is 0.416 e. The molecule has 1 aromatic heterocycles. The number of ether oxygens (including phenoxy) is 1. The topological polar surface area (TPSA) is 56.1 Å².